The highest BCUT2D eigenvalue weighted by Crippen LogP contribution is 2.27. The van der Waals surface area contributed by atoms with Crippen molar-refractivity contribution in [1.29, 1.82) is 0 Å². The average Bonchev–Trinajstić information content (AvgIpc) is 2.42. The lowest BCUT2D eigenvalue weighted by atomic mass is 9.95. The Morgan fingerprint density at radius 3 is 2.67 bits per heavy atom. The Morgan fingerprint density at radius 2 is 2.05 bits per heavy atom. The predicted molar refractivity (Wildman–Crippen MR) is 78.7 cm³/mol. The summed E-state index contributed by atoms with van der Waals surface area (Å²) in [4.78, 5) is -0.551. The molecular weight excluding hydrogens is 367 g/mol. The predicted octanol–water partition coefficient (Wildman–Crippen LogP) is 0.990. The van der Waals surface area contributed by atoms with Crippen molar-refractivity contribution in [2.75, 3.05) is 25.5 Å². The van der Waals surface area contributed by atoms with Crippen LogP contribution in [-0.4, -0.2) is 38.9 Å². The number of ether oxygens (including phenoxy) is 1. The van der Waals surface area contributed by atoms with Gasteiger partial charge in [0.2, 0.25) is 10.0 Å². The van der Waals surface area contributed by atoms with Crippen LogP contribution >= 0.6 is 15.9 Å². The van der Waals surface area contributed by atoms with E-state index in [0.29, 0.717) is 26.1 Å². The Labute approximate surface area is 130 Å². The van der Waals surface area contributed by atoms with E-state index in [1.165, 1.54) is 6.07 Å². The Kier molecular flexibility index (Phi) is 4.89. The second-order valence-corrected chi connectivity index (χ2v) is 7.57. The van der Waals surface area contributed by atoms with Crippen LogP contribution < -0.4 is 10.5 Å². The minimum absolute atomic E-state index is 0.0346. The lowest BCUT2D eigenvalue weighted by Gasteiger charge is -2.32. The molecule has 1 aliphatic rings. The van der Waals surface area contributed by atoms with Gasteiger partial charge in [-0.2, -0.15) is 0 Å². The Balaban J connectivity index is 2.19. The number of halogens is 2. The Morgan fingerprint density at radius 1 is 1.43 bits per heavy atom. The summed E-state index contributed by atoms with van der Waals surface area (Å²) in [5.41, 5.74) is 4.47. The minimum Gasteiger partial charge on any atom is -0.399 e. The third-order valence-electron chi connectivity index (χ3n) is 3.32. The molecule has 0 amide bonds. The maximum Gasteiger partial charge on any atom is 0.243 e. The van der Waals surface area contributed by atoms with Crippen LogP contribution in [0.5, 0.6) is 0 Å². The van der Waals surface area contributed by atoms with Gasteiger partial charge in [-0.05, 0) is 28.1 Å². The summed E-state index contributed by atoms with van der Waals surface area (Å²) < 4.78 is 45.6. The molecule has 1 saturated heterocycles. The molecule has 0 unspecified atom stereocenters. The maximum atomic E-state index is 13.9. The summed E-state index contributed by atoms with van der Waals surface area (Å²) in [5.74, 6) is -0.921. The van der Waals surface area contributed by atoms with Crippen LogP contribution in [0.2, 0.25) is 0 Å². The first-order valence-electron chi connectivity index (χ1n) is 6.28. The molecule has 1 heterocycles. The number of hydrogen-bond donors (Lipinski definition) is 3. The highest BCUT2D eigenvalue weighted by atomic mass is 79.9. The van der Waals surface area contributed by atoms with E-state index in [1.807, 2.05) is 0 Å². The first kappa shape index (κ1) is 16.6. The quantitative estimate of drug-likeness (QED) is 0.674. The SMILES string of the molecule is Nc1cc(Br)c(F)c(S(=O)(=O)NCC2(O)CCOCC2)c1. The Hall–Kier alpha value is -0.740. The van der Waals surface area contributed by atoms with Crippen molar-refractivity contribution < 1.29 is 22.7 Å². The molecule has 0 radical (unpaired) electrons. The zero-order chi connectivity index (χ0) is 15.7. The summed E-state index contributed by atoms with van der Waals surface area (Å²) in [6, 6.07) is 2.32. The molecule has 0 aliphatic carbocycles. The first-order valence-corrected chi connectivity index (χ1v) is 8.55. The lowest BCUT2D eigenvalue weighted by Crippen LogP contribution is -2.46. The van der Waals surface area contributed by atoms with E-state index in [4.69, 9.17) is 10.5 Å². The van der Waals surface area contributed by atoms with Crippen molar-refractivity contribution in [2.24, 2.45) is 0 Å². The second-order valence-electron chi connectivity index (χ2n) is 4.98. The minimum atomic E-state index is -4.11. The van der Waals surface area contributed by atoms with Gasteiger partial charge in [-0.1, -0.05) is 0 Å². The van der Waals surface area contributed by atoms with Gasteiger partial charge in [0.25, 0.3) is 0 Å². The van der Waals surface area contributed by atoms with E-state index >= 15 is 0 Å². The van der Waals surface area contributed by atoms with E-state index < -0.39 is 26.3 Å². The molecular formula is C12H16BrFN2O4S. The van der Waals surface area contributed by atoms with E-state index in [9.17, 15) is 17.9 Å². The molecule has 21 heavy (non-hydrogen) atoms. The fraction of sp³-hybridized carbons (Fsp3) is 0.500. The summed E-state index contributed by atoms with van der Waals surface area (Å²) in [6.45, 7) is 0.511. The molecule has 0 bridgehead atoms. The maximum absolute atomic E-state index is 13.9. The monoisotopic (exact) mass is 382 g/mol. The van der Waals surface area contributed by atoms with Crippen LogP contribution in [0.4, 0.5) is 10.1 Å². The second kappa shape index (κ2) is 6.17. The van der Waals surface area contributed by atoms with Crippen LogP contribution in [0.25, 0.3) is 0 Å². The van der Waals surface area contributed by atoms with E-state index in [2.05, 4.69) is 20.7 Å². The van der Waals surface area contributed by atoms with Crippen LogP contribution in [0.15, 0.2) is 21.5 Å². The molecule has 6 nitrogen and oxygen atoms in total. The topological polar surface area (TPSA) is 102 Å². The van der Waals surface area contributed by atoms with Crippen molar-refractivity contribution in [2.45, 2.75) is 23.3 Å². The Bertz CT molecular complexity index is 632. The molecule has 1 fully saturated rings. The number of nitrogen functional groups attached to an aromatic ring is 1. The zero-order valence-corrected chi connectivity index (χ0v) is 13.5. The average molecular weight is 383 g/mol. The largest absolute Gasteiger partial charge is 0.399 e. The standard InChI is InChI=1S/C12H16BrFN2O4S/c13-9-5-8(15)6-10(11(9)14)21(18,19)16-7-12(17)1-3-20-4-2-12/h5-6,16-17H,1-4,7,15H2. The molecule has 0 saturated carbocycles. The van der Waals surface area contributed by atoms with Gasteiger partial charge in [-0.3, -0.25) is 0 Å². The molecule has 0 atom stereocenters. The third kappa shape index (κ3) is 3.92. The number of sulfonamides is 1. The highest BCUT2D eigenvalue weighted by molar-refractivity contribution is 9.10. The van der Waals surface area contributed by atoms with Crippen molar-refractivity contribution >= 4 is 31.6 Å². The van der Waals surface area contributed by atoms with E-state index in [1.54, 1.807) is 0 Å². The van der Waals surface area contributed by atoms with Crippen LogP contribution in [0, 0.1) is 5.82 Å². The van der Waals surface area contributed by atoms with E-state index in [0.717, 1.165) is 6.07 Å². The smallest absolute Gasteiger partial charge is 0.243 e. The fourth-order valence-corrected chi connectivity index (χ4v) is 3.88. The third-order valence-corrected chi connectivity index (χ3v) is 5.30. The number of anilines is 1. The number of aliphatic hydroxyl groups is 1. The summed E-state index contributed by atoms with van der Waals surface area (Å²) in [6.07, 6.45) is 0.636. The number of hydrogen-bond acceptors (Lipinski definition) is 5. The summed E-state index contributed by atoms with van der Waals surface area (Å²) in [5, 5.41) is 10.2. The van der Waals surface area contributed by atoms with Gasteiger partial charge >= 0.3 is 0 Å². The summed E-state index contributed by atoms with van der Waals surface area (Å²) >= 11 is 2.91. The molecule has 9 heteroatoms. The molecule has 2 rings (SSSR count). The molecule has 0 aromatic heterocycles. The zero-order valence-electron chi connectivity index (χ0n) is 11.1. The molecule has 1 aromatic carbocycles. The van der Waals surface area contributed by atoms with Crippen LogP contribution in [0.1, 0.15) is 12.8 Å². The molecule has 4 N–H and O–H groups in total. The molecule has 118 valence electrons. The normalized spacial score (nSPS) is 18.6. The van der Waals surface area contributed by atoms with Crippen molar-refractivity contribution in [3.63, 3.8) is 0 Å². The molecule has 1 aliphatic heterocycles. The number of nitrogens with one attached hydrogen (secondary N) is 1. The van der Waals surface area contributed by atoms with Crippen LogP contribution in [0.3, 0.4) is 0 Å². The number of benzene rings is 1. The van der Waals surface area contributed by atoms with Gasteiger partial charge in [-0.25, -0.2) is 17.5 Å². The summed E-state index contributed by atoms with van der Waals surface area (Å²) in [7, 11) is -4.11. The number of rotatable bonds is 4. The van der Waals surface area contributed by atoms with Gasteiger partial charge in [0.05, 0.1) is 10.1 Å². The van der Waals surface area contributed by atoms with Gasteiger partial charge in [0.15, 0.2) is 5.82 Å². The van der Waals surface area contributed by atoms with Gasteiger partial charge in [0, 0.05) is 38.3 Å². The molecule has 1 aromatic rings. The van der Waals surface area contributed by atoms with Crippen molar-refractivity contribution in [3.05, 3.63) is 22.4 Å². The van der Waals surface area contributed by atoms with Gasteiger partial charge in [-0.15, -0.1) is 0 Å². The van der Waals surface area contributed by atoms with Gasteiger partial charge < -0.3 is 15.6 Å². The highest BCUT2D eigenvalue weighted by Gasteiger charge is 2.32. The molecule has 0 spiro atoms. The fourth-order valence-electron chi connectivity index (χ4n) is 2.01. The number of nitrogens with two attached hydrogens (primary N) is 1. The first-order chi connectivity index (χ1) is 9.73. The van der Waals surface area contributed by atoms with Crippen molar-refractivity contribution in [3.8, 4) is 0 Å². The van der Waals surface area contributed by atoms with Gasteiger partial charge in [0.1, 0.15) is 4.90 Å². The lowest BCUT2D eigenvalue weighted by molar-refractivity contribution is -0.0588. The van der Waals surface area contributed by atoms with E-state index in [-0.39, 0.29) is 16.7 Å². The van der Waals surface area contributed by atoms with Crippen molar-refractivity contribution in [1.82, 2.24) is 4.72 Å². The van der Waals surface area contributed by atoms with Crippen LogP contribution in [-0.2, 0) is 14.8 Å².